The lowest BCUT2D eigenvalue weighted by Gasteiger charge is -2.13. The number of rotatable bonds is 5. The van der Waals surface area contributed by atoms with E-state index >= 15 is 0 Å². The Bertz CT molecular complexity index is 3260. The Hall–Kier alpha value is -7.43. The van der Waals surface area contributed by atoms with Gasteiger partial charge in [-0.2, -0.15) is 0 Å². The highest BCUT2D eigenvalue weighted by molar-refractivity contribution is 6.14. The summed E-state index contributed by atoms with van der Waals surface area (Å²) in [6, 6.07) is 65.8. The Morgan fingerprint density at radius 3 is 1.71 bits per heavy atom. The lowest BCUT2D eigenvalue weighted by Crippen LogP contribution is -2.01. The summed E-state index contributed by atoms with van der Waals surface area (Å²) in [7, 11) is 0. The second-order valence-corrected chi connectivity index (χ2v) is 14.0. The fourth-order valence-corrected chi connectivity index (χ4v) is 7.99. The predicted octanol–water partition coefficient (Wildman–Crippen LogP) is 13.6. The molecule has 11 aromatic rings. The van der Waals surface area contributed by atoms with Gasteiger partial charge in [0.25, 0.3) is 0 Å². The van der Waals surface area contributed by atoms with Gasteiger partial charge in [-0.3, -0.25) is 0 Å². The molecule has 0 aliphatic rings. The van der Waals surface area contributed by atoms with Crippen LogP contribution in [0, 0.1) is 0 Å². The van der Waals surface area contributed by atoms with E-state index in [0.717, 1.165) is 71.3 Å². The van der Waals surface area contributed by atoms with Crippen molar-refractivity contribution in [1.29, 1.82) is 0 Å². The van der Waals surface area contributed by atoms with E-state index in [1.54, 1.807) is 0 Å². The Labute approximate surface area is 317 Å². The summed E-state index contributed by atoms with van der Waals surface area (Å²) in [4.78, 5) is 15.8. The Kier molecular flexibility index (Phi) is 7.14. The first-order valence-electron chi connectivity index (χ1n) is 18.5. The van der Waals surface area contributed by atoms with Crippen LogP contribution in [0.1, 0.15) is 0 Å². The number of benzene rings is 9. The molecule has 0 unspecified atom stereocenters. The molecule has 0 radical (unpaired) electrons. The van der Waals surface area contributed by atoms with E-state index < -0.39 is 0 Å². The summed E-state index contributed by atoms with van der Waals surface area (Å²) in [5, 5.41) is 8.89. The predicted molar refractivity (Wildman–Crippen MR) is 227 cm³/mol. The fraction of sp³-hybridized carbons (Fsp3) is 0. The van der Waals surface area contributed by atoms with Crippen LogP contribution in [0.25, 0.3) is 111 Å². The third-order valence-corrected chi connectivity index (χ3v) is 10.7. The van der Waals surface area contributed by atoms with Gasteiger partial charge >= 0.3 is 0 Å². The minimum Gasteiger partial charge on any atom is -0.456 e. The summed E-state index contributed by atoms with van der Waals surface area (Å²) in [6.45, 7) is 0. The van der Waals surface area contributed by atoms with E-state index in [1.165, 1.54) is 21.9 Å². The van der Waals surface area contributed by atoms with Crippen molar-refractivity contribution in [2.75, 3.05) is 0 Å². The lowest BCUT2D eigenvalue weighted by atomic mass is 9.96. The van der Waals surface area contributed by atoms with Gasteiger partial charge in [-0.15, -0.1) is 0 Å². The molecule has 9 aromatic carbocycles. The summed E-state index contributed by atoms with van der Waals surface area (Å²) in [5.74, 6) is 1.84. The first kappa shape index (κ1) is 31.1. The number of furan rings is 1. The van der Waals surface area contributed by atoms with Crippen molar-refractivity contribution in [3.8, 4) is 56.4 Å². The minimum absolute atomic E-state index is 0.594. The third kappa shape index (κ3) is 5.34. The van der Waals surface area contributed by atoms with Gasteiger partial charge in [0.05, 0.1) is 0 Å². The molecule has 0 saturated heterocycles. The van der Waals surface area contributed by atoms with Crippen molar-refractivity contribution in [3.05, 3.63) is 188 Å². The largest absolute Gasteiger partial charge is 0.456 e. The van der Waals surface area contributed by atoms with Crippen LogP contribution in [0.5, 0.6) is 0 Å². The third-order valence-electron chi connectivity index (χ3n) is 10.7. The summed E-state index contributed by atoms with van der Waals surface area (Å²) < 4.78 is 6.50. The molecule has 256 valence electrons. The van der Waals surface area contributed by atoms with E-state index in [1.807, 2.05) is 18.2 Å². The molecule has 0 amide bonds. The van der Waals surface area contributed by atoms with Crippen LogP contribution in [-0.2, 0) is 0 Å². The topological polar surface area (TPSA) is 51.8 Å². The molecule has 4 heteroatoms. The Morgan fingerprint density at radius 2 is 0.891 bits per heavy atom. The summed E-state index contributed by atoms with van der Waals surface area (Å²) in [6.07, 6.45) is 0. The summed E-state index contributed by atoms with van der Waals surface area (Å²) >= 11 is 0. The van der Waals surface area contributed by atoms with Crippen molar-refractivity contribution in [2.24, 2.45) is 0 Å². The first-order valence-corrected chi connectivity index (χ1v) is 18.5. The molecule has 0 aliphatic heterocycles. The standard InChI is InChI=1S/C51H31N3O/c1-2-11-32(12-3-1)34-21-23-35(24-22-34)37-27-28-46-45(30-37)48-43(19-10-20-47(48)55-46)50-52-49(39-26-25-33-13-4-5-14-36(33)29-39)53-51(54-50)44-31-38-15-6-7-16-40(38)41-17-8-9-18-42(41)44/h1-31H. The molecule has 0 N–H and O–H groups in total. The maximum absolute atomic E-state index is 6.50. The van der Waals surface area contributed by atoms with Crippen molar-refractivity contribution >= 4 is 54.3 Å². The van der Waals surface area contributed by atoms with Crippen LogP contribution < -0.4 is 0 Å². The van der Waals surface area contributed by atoms with Gasteiger partial charge in [-0.25, -0.2) is 15.0 Å². The second kappa shape index (κ2) is 12.6. The zero-order valence-corrected chi connectivity index (χ0v) is 29.6. The van der Waals surface area contributed by atoms with Gasteiger partial charge in [-0.1, -0.05) is 158 Å². The van der Waals surface area contributed by atoms with Gasteiger partial charge < -0.3 is 4.42 Å². The van der Waals surface area contributed by atoms with Gasteiger partial charge in [-0.05, 0) is 84.9 Å². The molecule has 0 bridgehead atoms. The Morgan fingerprint density at radius 1 is 0.291 bits per heavy atom. The molecule has 11 rings (SSSR count). The van der Waals surface area contributed by atoms with Crippen LogP contribution in [-0.4, -0.2) is 15.0 Å². The molecule has 55 heavy (non-hydrogen) atoms. The monoisotopic (exact) mass is 701 g/mol. The molecule has 0 atom stereocenters. The number of hydrogen-bond acceptors (Lipinski definition) is 4. The average molecular weight is 702 g/mol. The molecule has 0 saturated carbocycles. The molecule has 0 fully saturated rings. The fourth-order valence-electron chi connectivity index (χ4n) is 7.99. The van der Waals surface area contributed by atoms with Crippen LogP contribution in [0.2, 0.25) is 0 Å². The van der Waals surface area contributed by atoms with Crippen molar-refractivity contribution in [2.45, 2.75) is 0 Å². The zero-order chi connectivity index (χ0) is 36.3. The van der Waals surface area contributed by atoms with Crippen molar-refractivity contribution < 1.29 is 4.42 Å². The molecule has 0 aliphatic carbocycles. The Balaban J connectivity index is 1.13. The minimum atomic E-state index is 0.594. The number of nitrogens with zero attached hydrogens (tertiary/aromatic N) is 3. The SMILES string of the molecule is c1ccc(-c2ccc(-c3ccc4oc5cccc(-c6nc(-c7ccc8ccccc8c7)nc(-c7cc8ccccc8c8ccccc78)n6)c5c4c3)cc2)cc1. The molecule has 2 aromatic heterocycles. The normalized spacial score (nSPS) is 11.6. The maximum atomic E-state index is 6.50. The van der Waals surface area contributed by atoms with Gasteiger partial charge in [0.15, 0.2) is 17.5 Å². The summed E-state index contributed by atoms with van der Waals surface area (Å²) in [5.41, 5.74) is 9.03. The highest BCUT2D eigenvalue weighted by Gasteiger charge is 2.20. The molecule has 0 spiro atoms. The van der Waals surface area contributed by atoms with E-state index in [2.05, 4.69) is 170 Å². The maximum Gasteiger partial charge on any atom is 0.164 e. The molecule has 4 nitrogen and oxygen atoms in total. The molecular formula is C51H31N3O. The van der Waals surface area contributed by atoms with Crippen LogP contribution in [0.3, 0.4) is 0 Å². The number of hydrogen-bond donors (Lipinski definition) is 0. The van der Waals surface area contributed by atoms with Gasteiger partial charge in [0.2, 0.25) is 0 Å². The van der Waals surface area contributed by atoms with Gasteiger partial charge in [0.1, 0.15) is 11.2 Å². The van der Waals surface area contributed by atoms with Gasteiger partial charge in [0, 0.05) is 27.5 Å². The quantitative estimate of drug-likeness (QED) is 0.168. The number of fused-ring (bicyclic) bond motifs is 7. The van der Waals surface area contributed by atoms with E-state index in [0.29, 0.717) is 17.5 Å². The smallest absolute Gasteiger partial charge is 0.164 e. The molecule has 2 heterocycles. The molecular weight excluding hydrogens is 671 g/mol. The highest BCUT2D eigenvalue weighted by atomic mass is 16.3. The zero-order valence-electron chi connectivity index (χ0n) is 29.6. The number of aromatic nitrogens is 3. The van der Waals surface area contributed by atoms with E-state index in [9.17, 15) is 0 Å². The van der Waals surface area contributed by atoms with Crippen LogP contribution >= 0.6 is 0 Å². The first-order chi connectivity index (χ1) is 27.2. The average Bonchev–Trinajstić information content (AvgIpc) is 3.64. The van der Waals surface area contributed by atoms with E-state index in [-0.39, 0.29) is 0 Å². The second-order valence-electron chi connectivity index (χ2n) is 14.0. The van der Waals surface area contributed by atoms with E-state index in [4.69, 9.17) is 19.4 Å². The van der Waals surface area contributed by atoms with Crippen molar-refractivity contribution in [1.82, 2.24) is 15.0 Å². The highest BCUT2D eigenvalue weighted by Crippen LogP contribution is 2.40. The van der Waals surface area contributed by atoms with Crippen LogP contribution in [0.15, 0.2) is 192 Å². The van der Waals surface area contributed by atoms with Crippen LogP contribution in [0.4, 0.5) is 0 Å². The lowest BCUT2D eigenvalue weighted by molar-refractivity contribution is 0.669. The van der Waals surface area contributed by atoms with Crippen molar-refractivity contribution in [3.63, 3.8) is 0 Å².